The Kier molecular flexibility index (Phi) is 8.04. The number of nitrogens with one attached hydrogen (secondary N) is 1. The van der Waals surface area contributed by atoms with Crippen molar-refractivity contribution < 1.29 is 14.3 Å². The van der Waals surface area contributed by atoms with E-state index in [1.165, 1.54) is 6.92 Å². The van der Waals surface area contributed by atoms with E-state index in [0.717, 1.165) is 30.7 Å². The number of ether oxygens (including phenoxy) is 1. The van der Waals surface area contributed by atoms with Gasteiger partial charge in [-0.25, -0.2) is 0 Å². The first-order valence-corrected chi connectivity index (χ1v) is 7.77. The summed E-state index contributed by atoms with van der Waals surface area (Å²) in [6.45, 7) is 4.71. The molecule has 0 aliphatic heterocycles. The van der Waals surface area contributed by atoms with Crippen LogP contribution in [0.15, 0.2) is 24.3 Å². The van der Waals surface area contributed by atoms with E-state index in [2.05, 4.69) is 12.2 Å². The largest absolute Gasteiger partial charge is 0.497 e. The molecule has 122 valence electrons. The van der Waals surface area contributed by atoms with Crippen molar-refractivity contribution in [3.05, 3.63) is 24.3 Å². The molecule has 0 bridgehead atoms. The molecule has 0 saturated heterocycles. The first-order chi connectivity index (χ1) is 10.6. The smallest absolute Gasteiger partial charge is 0.223 e. The summed E-state index contributed by atoms with van der Waals surface area (Å²) in [6, 6.07) is 7.24. The third kappa shape index (κ3) is 6.16. The highest BCUT2D eigenvalue weighted by Crippen LogP contribution is 2.19. The molecule has 0 radical (unpaired) electrons. The lowest BCUT2D eigenvalue weighted by Crippen LogP contribution is -2.34. The standard InChI is InChI=1S/C17H26N2O3/c1-4-5-6-12-18-17(21)11-13-19(14(2)20)15-7-9-16(22-3)10-8-15/h7-10H,4-6,11-13H2,1-3H3,(H,18,21). The predicted octanol–water partition coefficient (Wildman–Crippen LogP) is 2.74. The van der Waals surface area contributed by atoms with Gasteiger partial charge in [-0.2, -0.15) is 0 Å². The maximum Gasteiger partial charge on any atom is 0.223 e. The van der Waals surface area contributed by atoms with Crippen LogP contribution < -0.4 is 15.0 Å². The number of carbonyl (C=O) groups excluding carboxylic acids is 2. The monoisotopic (exact) mass is 306 g/mol. The summed E-state index contributed by atoms with van der Waals surface area (Å²) in [6.07, 6.45) is 3.55. The Bertz CT molecular complexity index is 471. The minimum absolute atomic E-state index is 0.0177. The van der Waals surface area contributed by atoms with Crippen LogP contribution in [0.3, 0.4) is 0 Å². The molecule has 0 unspecified atom stereocenters. The molecular formula is C17H26N2O3. The third-order valence-electron chi connectivity index (χ3n) is 3.43. The lowest BCUT2D eigenvalue weighted by atomic mass is 10.2. The molecule has 0 aliphatic rings. The Morgan fingerprint density at radius 2 is 1.86 bits per heavy atom. The molecule has 1 aromatic rings. The molecule has 0 heterocycles. The average molecular weight is 306 g/mol. The summed E-state index contributed by atoms with van der Waals surface area (Å²) < 4.78 is 5.10. The van der Waals surface area contributed by atoms with Crippen LogP contribution in [0.4, 0.5) is 5.69 Å². The highest BCUT2D eigenvalue weighted by Gasteiger charge is 2.13. The molecule has 5 heteroatoms. The SMILES string of the molecule is CCCCCNC(=O)CCN(C(C)=O)c1ccc(OC)cc1. The van der Waals surface area contributed by atoms with Crippen molar-refractivity contribution in [3.8, 4) is 5.75 Å². The van der Waals surface area contributed by atoms with Crippen LogP contribution in [0.25, 0.3) is 0 Å². The summed E-state index contributed by atoms with van der Waals surface area (Å²) in [5.74, 6) is 0.640. The van der Waals surface area contributed by atoms with E-state index in [1.54, 1.807) is 24.1 Å². The van der Waals surface area contributed by atoms with Gasteiger partial charge in [0, 0.05) is 32.1 Å². The number of unbranched alkanes of at least 4 members (excludes halogenated alkanes) is 2. The Labute approximate surface area is 132 Å². The molecule has 22 heavy (non-hydrogen) atoms. The van der Waals surface area contributed by atoms with Crippen LogP contribution in [0.1, 0.15) is 39.5 Å². The minimum Gasteiger partial charge on any atom is -0.497 e. The van der Waals surface area contributed by atoms with Crippen molar-refractivity contribution in [3.63, 3.8) is 0 Å². The fourth-order valence-electron chi connectivity index (χ4n) is 2.14. The summed E-state index contributed by atoms with van der Waals surface area (Å²) in [5, 5.41) is 2.88. The second kappa shape index (κ2) is 9.82. The van der Waals surface area contributed by atoms with Crippen LogP contribution in [0, 0.1) is 0 Å². The molecule has 5 nitrogen and oxygen atoms in total. The van der Waals surface area contributed by atoms with Gasteiger partial charge in [-0.3, -0.25) is 9.59 Å². The number of hydrogen-bond donors (Lipinski definition) is 1. The van der Waals surface area contributed by atoms with E-state index >= 15 is 0 Å². The lowest BCUT2D eigenvalue weighted by molar-refractivity contribution is -0.121. The molecule has 0 spiro atoms. The number of nitrogens with zero attached hydrogens (tertiary/aromatic N) is 1. The Hall–Kier alpha value is -2.04. The molecule has 2 amide bonds. The number of benzene rings is 1. The number of amides is 2. The molecule has 1 N–H and O–H groups in total. The Balaban J connectivity index is 2.50. The van der Waals surface area contributed by atoms with E-state index in [9.17, 15) is 9.59 Å². The van der Waals surface area contributed by atoms with E-state index in [4.69, 9.17) is 4.74 Å². The van der Waals surface area contributed by atoms with Crippen LogP contribution in [0.5, 0.6) is 5.75 Å². The summed E-state index contributed by atoms with van der Waals surface area (Å²) in [5.41, 5.74) is 0.770. The van der Waals surface area contributed by atoms with Crippen molar-refractivity contribution >= 4 is 17.5 Å². The molecule has 1 rings (SSSR count). The van der Waals surface area contributed by atoms with E-state index < -0.39 is 0 Å². The number of carbonyl (C=O) groups is 2. The van der Waals surface area contributed by atoms with Crippen LogP contribution >= 0.6 is 0 Å². The molecule has 0 aromatic heterocycles. The summed E-state index contributed by atoms with van der Waals surface area (Å²) >= 11 is 0. The second-order valence-electron chi connectivity index (χ2n) is 5.18. The number of methoxy groups -OCH3 is 1. The van der Waals surface area contributed by atoms with Crippen molar-refractivity contribution in [1.29, 1.82) is 0 Å². The molecular weight excluding hydrogens is 280 g/mol. The highest BCUT2D eigenvalue weighted by atomic mass is 16.5. The number of hydrogen-bond acceptors (Lipinski definition) is 3. The van der Waals surface area contributed by atoms with Gasteiger partial charge in [0.15, 0.2) is 0 Å². The fraction of sp³-hybridized carbons (Fsp3) is 0.529. The first kappa shape index (κ1) is 18.0. The quantitative estimate of drug-likeness (QED) is 0.714. The van der Waals surface area contributed by atoms with Gasteiger partial charge in [0.25, 0.3) is 0 Å². The van der Waals surface area contributed by atoms with E-state index in [1.807, 2.05) is 12.1 Å². The van der Waals surface area contributed by atoms with Crippen molar-refractivity contribution in [2.45, 2.75) is 39.5 Å². The fourth-order valence-corrected chi connectivity index (χ4v) is 2.14. The second-order valence-corrected chi connectivity index (χ2v) is 5.18. The van der Waals surface area contributed by atoms with Gasteiger partial charge in [0.2, 0.25) is 11.8 Å². The van der Waals surface area contributed by atoms with Gasteiger partial charge >= 0.3 is 0 Å². The van der Waals surface area contributed by atoms with Gasteiger partial charge in [-0.1, -0.05) is 19.8 Å². The number of anilines is 1. The maximum atomic E-state index is 11.8. The van der Waals surface area contributed by atoms with Gasteiger partial charge in [0.05, 0.1) is 7.11 Å². The summed E-state index contributed by atoms with van der Waals surface area (Å²) in [4.78, 5) is 25.2. The molecule has 0 aliphatic carbocycles. The van der Waals surface area contributed by atoms with Gasteiger partial charge in [0.1, 0.15) is 5.75 Å². The third-order valence-corrected chi connectivity index (χ3v) is 3.43. The predicted molar refractivity (Wildman–Crippen MR) is 88.2 cm³/mol. The van der Waals surface area contributed by atoms with Gasteiger partial charge in [-0.15, -0.1) is 0 Å². The van der Waals surface area contributed by atoms with Crippen LogP contribution in [0.2, 0.25) is 0 Å². The Morgan fingerprint density at radius 3 is 2.41 bits per heavy atom. The molecule has 0 atom stereocenters. The van der Waals surface area contributed by atoms with Gasteiger partial charge < -0.3 is 15.0 Å². The normalized spacial score (nSPS) is 10.1. The lowest BCUT2D eigenvalue weighted by Gasteiger charge is -2.21. The average Bonchev–Trinajstić information content (AvgIpc) is 2.52. The van der Waals surface area contributed by atoms with Crippen molar-refractivity contribution in [1.82, 2.24) is 5.32 Å². The zero-order valence-electron chi connectivity index (χ0n) is 13.7. The molecule has 0 fully saturated rings. The first-order valence-electron chi connectivity index (χ1n) is 7.77. The van der Waals surface area contributed by atoms with Gasteiger partial charge in [-0.05, 0) is 30.7 Å². The Morgan fingerprint density at radius 1 is 1.18 bits per heavy atom. The van der Waals surface area contributed by atoms with E-state index in [-0.39, 0.29) is 11.8 Å². The zero-order valence-corrected chi connectivity index (χ0v) is 13.7. The molecule has 0 saturated carbocycles. The maximum absolute atomic E-state index is 11.8. The van der Waals surface area contributed by atoms with Crippen LogP contribution in [-0.2, 0) is 9.59 Å². The molecule has 1 aromatic carbocycles. The zero-order chi connectivity index (χ0) is 16.4. The van der Waals surface area contributed by atoms with Crippen molar-refractivity contribution in [2.75, 3.05) is 25.1 Å². The highest BCUT2D eigenvalue weighted by molar-refractivity contribution is 5.92. The van der Waals surface area contributed by atoms with E-state index in [0.29, 0.717) is 19.5 Å². The topological polar surface area (TPSA) is 58.6 Å². The van der Waals surface area contributed by atoms with Crippen molar-refractivity contribution in [2.24, 2.45) is 0 Å². The van der Waals surface area contributed by atoms with Crippen LogP contribution in [-0.4, -0.2) is 32.0 Å². The number of rotatable bonds is 9. The minimum atomic E-state index is -0.0797. The summed E-state index contributed by atoms with van der Waals surface area (Å²) in [7, 11) is 1.60.